The van der Waals surface area contributed by atoms with Crippen molar-refractivity contribution in [1.29, 1.82) is 0 Å². The summed E-state index contributed by atoms with van der Waals surface area (Å²) in [7, 11) is 0. The van der Waals surface area contributed by atoms with E-state index >= 15 is 0 Å². The van der Waals surface area contributed by atoms with E-state index in [1.807, 2.05) is 42.5 Å². The largest absolute Gasteiger partial charge is 0.348 e. The predicted octanol–water partition coefficient (Wildman–Crippen LogP) is 5.39. The number of aryl methyl sites for hydroxylation is 1. The van der Waals surface area contributed by atoms with Crippen LogP contribution in [0.15, 0.2) is 85.2 Å². The first-order chi connectivity index (χ1) is 15.2. The first kappa shape index (κ1) is 19.2. The van der Waals surface area contributed by atoms with Crippen LogP contribution in [0.4, 0.5) is 0 Å². The topological polar surface area (TPSA) is 59.8 Å². The van der Waals surface area contributed by atoms with Crippen molar-refractivity contribution in [1.82, 2.24) is 20.1 Å². The first-order valence-electron chi connectivity index (χ1n) is 10.0. The Balaban J connectivity index is 1.32. The number of carbonyl (C=O) groups excluding carboxylic acids is 1. The highest BCUT2D eigenvalue weighted by Gasteiger charge is 2.13. The van der Waals surface area contributed by atoms with Crippen LogP contribution in [-0.4, -0.2) is 20.7 Å². The molecule has 0 saturated carbocycles. The molecule has 0 aliphatic carbocycles. The Labute approximate surface area is 184 Å². The number of amides is 1. The fourth-order valence-electron chi connectivity index (χ4n) is 3.47. The summed E-state index contributed by atoms with van der Waals surface area (Å²) in [5, 5.41) is 8.09. The van der Waals surface area contributed by atoms with Crippen LogP contribution in [0.2, 0.25) is 0 Å². The van der Waals surface area contributed by atoms with Crippen LogP contribution in [0.5, 0.6) is 0 Å². The summed E-state index contributed by atoms with van der Waals surface area (Å²) in [6.45, 7) is 2.51. The van der Waals surface area contributed by atoms with Gasteiger partial charge in [0, 0.05) is 12.7 Å². The fraction of sp³-hybridized carbons (Fsp3) is 0.0800. The summed E-state index contributed by atoms with van der Waals surface area (Å²) in [5.74, 6) is -0.161. The molecule has 0 unspecified atom stereocenters. The van der Waals surface area contributed by atoms with Gasteiger partial charge in [0.15, 0.2) is 0 Å². The lowest BCUT2D eigenvalue weighted by Crippen LogP contribution is -2.22. The summed E-state index contributed by atoms with van der Waals surface area (Å²) in [4.78, 5) is 17.3. The van der Waals surface area contributed by atoms with Gasteiger partial charge in [0.1, 0.15) is 0 Å². The molecule has 2 heterocycles. The minimum Gasteiger partial charge on any atom is -0.348 e. The molecule has 0 atom stereocenters. The molecule has 6 heteroatoms. The number of thiazole rings is 1. The second kappa shape index (κ2) is 8.16. The number of fused-ring (bicyclic) bond motifs is 1. The highest BCUT2D eigenvalue weighted by molar-refractivity contribution is 7.20. The zero-order chi connectivity index (χ0) is 21.2. The van der Waals surface area contributed by atoms with E-state index in [1.54, 1.807) is 28.4 Å². The van der Waals surface area contributed by atoms with Gasteiger partial charge < -0.3 is 5.32 Å². The molecule has 152 valence electrons. The molecule has 3 aromatic carbocycles. The number of rotatable bonds is 5. The molecule has 5 nitrogen and oxygen atoms in total. The molecule has 0 spiro atoms. The molecule has 0 aliphatic rings. The summed E-state index contributed by atoms with van der Waals surface area (Å²) in [6, 6.07) is 24.5. The third kappa shape index (κ3) is 3.98. The van der Waals surface area contributed by atoms with E-state index in [9.17, 15) is 4.79 Å². The third-order valence-corrected chi connectivity index (χ3v) is 6.17. The predicted molar refractivity (Wildman–Crippen MR) is 125 cm³/mol. The molecule has 5 rings (SSSR count). The summed E-state index contributed by atoms with van der Waals surface area (Å²) < 4.78 is 2.74. The highest BCUT2D eigenvalue weighted by atomic mass is 32.1. The SMILES string of the molecule is Cc1ccc(-c2ccccc2CNC(=O)c2cnn(-c3nc4ccccc4s3)c2)cc1. The Hall–Kier alpha value is -3.77. The molecule has 2 aromatic heterocycles. The van der Waals surface area contributed by atoms with Crippen LogP contribution in [0.3, 0.4) is 0 Å². The van der Waals surface area contributed by atoms with Crippen LogP contribution in [0.25, 0.3) is 26.5 Å². The highest BCUT2D eigenvalue weighted by Crippen LogP contribution is 2.25. The van der Waals surface area contributed by atoms with Gasteiger partial charge in [-0.3, -0.25) is 4.79 Å². The lowest BCUT2D eigenvalue weighted by atomic mass is 9.99. The van der Waals surface area contributed by atoms with E-state index in [2.05, 4.69) is 52.7 Å². The second-order valence-electron chi connectivity index (χ2n) is 7.34. The molecule has 0 bridgehead atoms. The molecule has 1 amide bonds. The second-order valence-corrected chi connectivity index (χ2v) is 8.35. The van der Waals surface area contributed by atoms with E-state index in [0.29, 0.717) is 12.1 Å². The maximum atomic E-state index is 12.7. The van der Waals surface area contributed by atoms with Gasteiger partial charge >= 0.3 is 0 Å². The van der Waals surface area contributed by atoms with Gasteiger partial charge in [-0.15, -0.1) is 0 Å². The van der Waals surface area contributed by atoms with Gasteiger partial charge in [0.05, 0.1) is 22.0 Å². The van der Waals surface area contributed by atoms with Gasteiger partial charge in [-0.1, -0.05) is 77.6 Å². The normalized spacial score (nSPS) is 11.0. The van der Waals surface area contributed by atoms with Crippen molar-refractivity contribution in [3.63, 3.8) is 0 Å². The van der Waals surface area contributed by atoms with Crippen LogP contribution in [0.1, 0.15) is 21.5 Å². The quantitative estimate of drug-likeness (QED) is 0.412. The van der Waals surface area contributed by atoms with Crippen molar-refractivity contribution in [2.24, 2.45) is 0 Å². The summed E-state index contributed by atoms with van der Waals surface area (Å²) >= 11 is 1.54. The number of carbonyl (C=O) groups is 1. The number of nitrogens with zero attached hydrogens (tertiary/aromatic N) is 3. The van der Waals surface area contributed by atoms with Crippen molar-refractivity contribution in [3.05, 3.63) is 102 Å². The van der Waals surface area contributed by atoms with Crippen LogP contribution < -0.4 is 5.32 Å². The maximum Gasteiger partial charge on any atom is 0.254 e. The zero-order valence-electron chi connectivity index (χ0n) is 16.9. The molecule has 5 aromatic rings. The van der Waals surface area contributed by atoms with Crippen molar-refractivity contribution >= 4 is 27.5 Å². The smallest absolute Gasteiger partial charge is 0.254 e. The number of nitrogens with one attached hydrogen (secondary N) is 1. The minimum absolute atomic E-state index is 0.161. The number of hydrogen-bond acceptors (Lipinski definition) is 4. The van der Waals surface area contributed by atoms with Crippen molar-refractivity contribution in [3.8, 4) is 16.3 Å². The van der Waals surface area contributed by atoms with Gasteiger partial charge in [-0.25, -0.2) is 9.67 Å². The van der Waals surface area contributed by atoms with Gasteiger partial charge in [-0.05, 0) is 35.7 Å². The van der Waals surface area contributed by atoms with Crippen molar-refractivity contribution < 1.29 is 4.79 Å². The molecule has 1 N–H and O–H groups in total. The van der Waals surface area contributed by atoms with E-state index in [1.165, 1.54) is 5.56 Å². The van der Waals surface area contributed by atoms with E-state index in [-0.39, 0.29) is 5.91 Å². The Kier molecular flexibility index (Phi) is 5.06. The lowest BCUT2D eigenvalue weighted by Gasteiger charge is -2.11. The molecule has 31 heavy (non-hydrogen) atoms. The van der Waals surface area contributed by atoms with Crippen molar-refractivity contribution in [2.45, 2.75) is 13.5 Å². The molecular weight excluding hydrogens is 404 g/mol. The van der Waals surface area contributed by atoms with E-state index in [4.69, 9.17) is 0 Å². The van der Waals surface area contributed by atoms with Crippen LogP contribution >= 0.6 is 11.3 Å². The number of aromatic nitrogens is 3. The third-order valence-electron chi connectivity index (χ3n) is 5.14. The zero-order valence-corrected chi connectivity index (χ0v) is 17.8. The Bertz CT molecular complexity index is 1330. The van der Waals surface area contributed by atoms with E-state index < -0.39 is 0 Å². The Morgan fingerprint density at radius 1 is 1.00 bits per heavy atom. The Morgan fingerprint density at radius 2 is 1.77 bits per heavy atom. The molecular formula is C25H20N4OS. The van der Waals surface area contributed by atoms with Crippen LogP contribution in [0, 0.1) is 6.92 Å². The fourth-order valence-corrected chi connectivity index (χ4v) is 4.37. The van der Waals surface area contributed by atoms with Gasteiger partial charge in [-0.2, -0.15) is 5.10 Å². The lowest BCUT2D eigenvalue weighted by molar-refractivity contribution is 0.0951. The Morgan fingerprint density at radius 3 is 2.61 bits per heavy atom. The molecule has 0 aliphatic heterocycles. The number of benzene rings is 3. The number of hydrogen-bond donors (Lipinski definition) is 1. The maximum absolute atomic E-state index is 12.7. The summed E-state index contributed by atoms with van der Waals surface area (Å²) in [6.07, 6.45) is 3.30. The van der Waals surface area contributed by atoms with Gasteiger partial charge in [0.25, 0.3) is 5.91 Å². The molecule has 0 fully saturated rings. The monoisotopic (exact) mass is 424 g/mol. The first-order valence-corrected chi connectivity index (χ1v) is 10.8. The average molecular weight is 425 g/mol. The van der Waals surface area contributed by atoms with Gasteiger partial charge in [0.2, 0.25) is 5.13 Å². The van der Waals surface area contributed by atoms with E-state index in [0.717, 1.165) is 32.0 Å². The number of para-hydroxylation sites is 1. The molecule has 0 radical (unpaired) electrons. The average Bonchev–Trinajstić information content (AvgIpc) is 3.45. The molecule has 0 saturated heterocycles. The summed E-state index contributed by atoms with van der Waals surface area (Å²) in [5.41, 5.74) is 5.98. The minimum atomic E-state index is -0.161. The van der Waals surface area contributed by atoms with Crippen molar-refractivity contribution in [2.75, 3.05) is 0 Å². The standard InChI is InChI=1S/C25H20N4OS/c1-17-10-12-18(13-11-17)21-7-3-2-6-19(21)14-26-24(30)20-15-27-29(16-20)25-28-22-8-4-5-9-23(22)31-25/h2-13,15-16H,14H2,1H3,(H,26,30). The van der Waals surface area contributed by atoms with Crippen LogP contribution in [-0.2, 0) is 6.54 Å².